The van der Waals surface area contributed by atoms with E-state index >= 15 is 0 Å². The lowest BCUT2D eigenvalue weighted by atomic mass is 10.0. The van der Waals surface area contributed by atoms with Crippen molar-refractivity contribution in [2.75, 3.05) is 4.90 Å². The number of hydrogen-bond donors (Lipinski definition) is 0. The van der Waals surface area contributed by atoms with Gasteiger partial charge in [0.15, 0.2) is 5.76 Å². The molecule has 0 unspecified atom stereocenters. The summed E-state index contributed by atoms with van der Waals surface area (Å²) in [6, 6.07) is 56.1. The van der Waals surface area contributed by atoms with Crippen LogP contribution in [0.15, 0.2) is 162 Å². The maximum atomic E-state index is 6.48. The van der Waals surface area contributed by atoms with E-state index in [1.807, 2.05) is 41.7 Å². The zero-order chi connectivity index (χ0) is 30.9. The molecular formula is C43H26N2OS. The molecule has 0 radical (unpaired) electrons. The van der Waals surface area contributed by atoms with Gasteiger partial charge in [0, 0.05) is 48.9 Å². The highest BCUT2D eigenvalue weighted by atomic mass is 32.1. The fourth-order valence-electron chi connectivity index (χ4n) is 7.08. The van der Waals surface area contributed by atoms with Gasteiger partial charge in [0.05, 0.1) is 10.4 Å². The third-order valence-electron chi connectivity index (χ3n) is 9.22. The molecule has 0 fully saturated rings. The van der Waals surface area contributed by atoms with Gasteiger partial charge in [0.25, 0.3) is 0 Å². The smallest absolute Gasteiger partial charge is 0.227 e. The van der Waals surface area contributed by atoms with E-state index in [4.69, 9.17) is 9.40 Å². The molecule has 47 heavy (non-hydrogen) atoms. The van der Waals surface area contributed by atoms with Crippen LogP contribution in [0.2, 0.25) is 0 Å². The van der Waals surface area contributed by atoms with E-state index in [1.165, 1.54) is 42.1 Å². The first kappa shape index (κ1) is 26.3. The number of oxazole rings is 1. The molecule has 0 bridgehead atoms. The van der Waals surface area contributed by atoms with Crippen molar-refractivity contribution in [2.45, 2.75) is 0 Å². The van der Waals surface area contributed by atoms with Crippen LogP contribution in [0.25, 0.3) is 76.1 Å². The first-order valence-electron chi connectivity index (χ1n) is 15.8. The van der Waals surface area contributed by atoms with Gasteiger partial charge in [-0.05, 0) is 65.0 Å². The summed E-state index contributed by atoms with van der Waals surface area (Å²) in [4.78, 5) is 7.50. The summed E-state index contributed by atoms with van der Waals surface area (Å²) >= 11 is 1.85. The monoisotopic (exact) mass is 618 g/mol. The van der Waals surface area contributed by atoms with Gasteiger partial charge in [-0.3, -0.25) is 0 Å². The SMILES string of the molecule is c1ccc(-c2ccc(N(c3cc4c5c(cccc5c3)-c3oc(-c5ccccc5)nc3-4)c3cccc4c3sc3ccccc34)cc2)cc1. The largest absolute Gasteiger partial charge is 0.435 e. The molecule has 0 spiro atoms. The zero-order valence-electron chi connectivity index (χ0n) is 25.2. The van der Waals surface area contributed by atoms with Crippen LogP contribution < -0.4 is 4.90 Å². The quantitative estimate of drug-likeness (QED) is 0.192. The Bertz CT molecular complexity index is 2620. The van der Waals surface area contributed by atoms with Gasteiger partial charge in [-0.25, -0.2) is 4.98 Å². The Morgan fingerprint density at radius 3 is 2.06 bits per heavy atom. The minimum absolute atomic E-state index is 0.645. The van der Waals surface area contributed by atoms with Crippen LogP contribution in [0.3, 0.4) is 0 Å². The molecule has 220 valence electrons. The fourth-order valence-corrected chi connectivity index (χ4v) is 8.28. The summed E-state index contributed by atoms with van der Waals surface area (Å²) in [6.07, 6.45) is 0. The number of fused-ring (bicyclic) bond motifs is 6. The standard InChI is InChI=1S/C43H26N2OS/c1-3-11-27(12-4-1)28-21-23-31(24-22-28)45(37-19-10-17-34-33-16-7-8-20-38(33)47-42(34)37)32-25-30-15-9-18-35-39(30)36(26-32)40-41(35)46-43(44-40)29-13-5-2-6-14-29/h1-26H. The minimum Gasteiger partial charge on any atom is -0.435 e. The second kappa shape index (κ2) is 10.3. The Hall–Kier alpha value is -5.97. The molecule has 10 rings (SSSR count). The Balaban J connectivity index is 1.21. The average Bonchev–Trinajstić information content (AvgIpc) is 3.83. The van der Waals surface area contributed by atoms with Crippen LogP contribution in [0.1, 0.15) is 0 Å². The van der Waals surface area contributed by atoms with E-state index in [2.05, 4.69) is 132 Å². The van der Waals surface area contributed by atoms with Crippen LogP contribution in [0.4, 0.5) is 17.1 Å². The normalized spacial score (nSPS) is 11.8. The van der Waals surface area contributed by atoms with Gasteiger partial charge in [0.2, 0.25) is 5.89 Å². The van der Waals surface area contributed by atoms with Crippen molar-refractivity contribution in [1.29, 1.82) is 0 Å². The zero-order valence-corrected chi connectivity index (χ0v) is 26.0. The molecule has 0 atom stereocenters. The number of nitrogens with zero attached hydrogens (tertiary/aromatic N) is 2. The number of anilines is 3. The number of rotatable bonds is 5. The van der Waals surface area contributed by atoms with Crippen molar-refractivity contribution in [3.63, 3.8) is 0 Å². The molecule has 1 aliphatic carbocycles. The number of thiophene rings is 1. The van der Waals surface area contributed by atoms with Gasteiger partial charge in [-0.15, -0.1) is 11.3 Å². The molecule has 0 saturated carbocycles. The van der Waals surface area contributed by atoms with Crippen molar-refractivity contribution in [3.05, 3.63) is 158 Å². The molecule has 2 heterocycles. The highest BCUT2D eigenvalue weighted by Gasteiger charge is 2.30. The molecule has 9 aromatic rings. The molecular weight excluding hydrogens is 593 g/mol. The van der Waals surface area contributed by atoms with Crippen molar-refractivity contribution in [1.82, 2.24) is 4.98 Å². The third kappa shape index (κ3) is 4.09. The lowest BCUT2D eigenvalue weighted by Gasteiger charge is -2.27. The molecule has 7 aromatic carbocycles. The molecule has 1 aliphatic rings. The first-order chi connectivity index (χ1) is 23.3. The Labute approximate surface area is 275 Å². The van der Waals surface area contributed by atoms with Crippen LogP contribution in [0.5, 0.6) is 0 Å². The molecule has 4 heteroatoms. The van der Waals surface area contributed by atoms with E-state index in [9.17, 15) is 0 Å². The molecule has 3 nitrogen and oxygen atoms in total. The molecule has 0 amide bonds. The highest BCUT2D eigenvalue weighted by Crippen LogP contribution is 2.52. The van der Waals surface area contributed by atoms with Crippen molar-refractivity contribution in [2.24, 2.45) is 0 Å². The highest BCUT2D eigenvalue weighted by molar-refractivity contribution is 7.26. The fraction of sp³-hybridized carbons (Fsp3) is 0. The Morgan fingerprint density at radius 2 is 1.23 bits per heavy atom. The second-order valence-corrected chi connectivity index (χ2v) is 13.0. The third-order valence-corrected chi connectivity index (χ3v) is 10.4. The van der Waals surface area contributed by atoms with E-state index in [-0.39, 0.29) is 0 Å². The van der Waals surface area contributed by atoms with E-state index < -0.39 is 0 Å². The van der Waals surface area contributed by atoms with Gasteiger partial charge >= 0.3 is 0 Å². The van der Waals surface area contributed by atoms with Gasteiger partial charge in [-0.2, -0.15) is 0 Å². The average molecular weight is 619 g/mol. The van der Waals surface area contributed by atoms with Crippen LogP contribution in [-0.2, 0) is 0 Å². The van der Waals surface area contributed by atoms with Gasteiger partial charge < -0.3 is 9.32 Å². The minimum atomic E-state index is 0.645. The van der Waals surface area contributed by atoms with Crippen LogP contribution in [0, 0.1) is 0 Å². The van der Waals surface area contributed by atoms with Gasteiger partial charge in [0.1, 0.15) is 5.69 Å². The van der Waals surface area contributed by atoms with Gasteiger partial charge in [-0.1, -0.05) is 109 Å². The second-order valence-electron chi connectivity index (χ2n) is 12.0. The number of benzene rings is 7. The molecule has 0 aliphatic heterocycles. The Kier molecular flexibility index (Phi) is 5.74. The van der Waals surface area contributed by atoms with E-state index in [0.29, 0.717) is 5.89 Å². The Morgan fingerprint density at radius 1 is 0.532 bits per heavy atom. The molecule has 0 saturated heterocycles. The number of aromatic nitrogens is 1. The van der Waals surface area contributed by atoms with Crippen molar-refractivity contribution >= 4 is 59.3 Å². The summed E-state index contributed by atoms with van der Waals surface area (Å²) in [5.74, 6) is 1.49. The lowest BCUT2D eigenvalue weighted by Crippen LogP contribution is -2.10. The predicted octanol–water partition coefficient (Wildman–Crippen LogP) is 12.6. The summed E-state index contributed by atoms with van der Waals surface area (Å²) in [6.45, 7) is 0. The molecule has 2 aromatic heterocycles. The summed E-state index contributed by atoms with van der Waals surface area (Å²) in [5.41, 5.74) is 9.80. The predicted molar refractivity (Wildman–Crippen MR) is 197 cm³/mol. The van der Waals surface area contributed by atoms with E-state index in [0.717, 1.165) is 45.2 Å². The number of hydrogen-bond acceptors (Lipinski definition) is 4. The maximum Gasteiger partial charge on any atom is 0.227 e. The van der Waals surface area contributed by atoms with Crippen LogP contribution in [-0.4, -0.2) is 4.98 Å². The summed E-state index contributed by atoms with van der Waals surface area (Å²) < 4.78 is 9.03. The lowest BCUT2D eigenvalue weighted by molar-refractivity contribution is 0.590. The van der Waals surface area contributed by atoms with Crippen molar-refractivity contribution in [3.8, 4) is 45.2 Å². The maximum absolute atomic E-state index is 6.48. The summed E-state index contributed by atoms with van der Waals surface area (Å²) in [7, 11) is 0. The van der Waals surface area contributed by atoms with Crippen molar-refractivity contribution < 1.29 is 4.42 Å². The van der Waals surface area contributed by atoms with E-state index in [1.54, 1.807) is 0 Å². The summed E-state index contributed by atoms with van der Waals surface area (Å²) in [5, 5.41) is 4.92. The molecule has 0 N–H and O–H groups in total. The topological polar surface area (TPSA) is 29.3 Å². The van der Waals surface area contributed by atoms with Crippen LogP contribution >= 0.6 is 11.3 Å². The first-order valence-corrected chi connectivity index (χ1v) is 16.6.